The fraction of sp³-hybridized carbons (Fsp3) is 0.158. The number of ether oxygens (including phenoxy) is 3. The van der Waals surface area contributed by atoms with E-state index in [0.717, 1.165) is 10.0 Å². The number of benzene rings is 2. The summed E-state index contributed by atoms with van der Waals surface area (Å²) in [4.78, 5) is 12.3. The maximum atomic E-state index is 12.3. The molecule has 0 saturated heterocycles. The molecule has 1 amide bonds. The molecule has 2 aromatic carbocycles. The smallest absolute Gasteiger partial charge is 0.275 e. The van der Waals surface area contributed by atoms with Crippen LogP contribution in [0, 0.1) is 12.3 Å². The van der Waals surface area contributed by atoms with Crippen LogP contribution < -0.4 is 19.6 Å². The average molecular weight is 417 g/mol. The predicted octanol–water partition coefficient (Wildman–Crippen LogP) is 3.24. The number of carbonyl (C=O) groups is 1. The Morgan fingerprint density at radius 3 is 2.62 bits per heavy atom. The van der Waals surface area contributed by atoms with Gasteiger partial charge in [-0.2, -0.15) is 5.10 Å². The minimum absolute atomic E-state index is 0.147. The second-order valence-corrected chi connectivity index (χ2v) is 5.86. The molecule has 0 saturated carbocycles. The summed E-state index contributed by atoms with van der Waals surface area (Å²) < 4.78 is 16.6. The number of amides is 1. The highest BCUT2D eigenvalue weighted by molar-refractivity contribution is 9.10. The first-order chi connectivity index (χ1) is 12.6. The quantitative estimate of drug-likeness (QED) is 0.427. The van der Waals surface area contributed by atoms with Gasteiger partial charge in [-0.15, -0.1) is 6.42 Å². The number of methoxy groups -OCH3 is 2. The summed E-state index contributed by atoms with van der Waals surface area (Å²) >= 11 is 3.33. The van der Waals surface area contributed by atoms with Gasteiger partial charge in [-0.25, -0.2) is 5.43 Å². The molecule has 0 aliphatic carbocycles. The van der Waals surface area contributed by atoms with Crippen LogP contribution in [0.25, 0.3) is 0 Å². The summed E-state index contributed by atoms with van der Waals surface area (Å²) in [5.41, 5.74) is 3.56. The molecule has 1 N–H and O–H groups in total. The molecule has 0 fully saturated rings. The van der Waals surface area contributed by atoms with Crippen molar-refractivity contribution in [1.82, 2.24) is 5.43 Å². The lowest BCUT2D eigenvalue weighted by molar-refractivity contribution is 0.0952. The van der Waals surface area contributed by atoms with Gasteiger partial charge in [-0.1, -0.05) is 21.9 Å². The Morgan fingerprint density at radius 2 is 1.92 bits per heavy atom. The van der Waals surface area contributed by atoms with Gasteiger partial charge < -0.3 is 14.2 Å². The second kappa shape index (κ2) is 9.49. The van der Waals surface area contributed by atoms with E-state index in [1.165, 1.54) is 20.4 Å². The molecule has 7 heteroatoms. The first-order valence-electron chi connectivity index (χ1n) is 7.50. The lowest BCUT2D eigenvalue weighted by Gasteiger charge is -2.09. The van der Waals surface area contributed by atoms with E-state index in [4.69, 9.17) is 20.6 Å². The molecule has 0 aliphatic rings. The van der Waals surface area contributed by atoms with Gasteiger partial charge in [0.15, 0.2) is 11.5 Å². The van der Waals surface area contributed by atoms with Crippen LogP contribution in [-0.2, 0) is 0 Å². The standard InChI is InChI=1S/C19H17BrN2O4/c1-4-9-26-17-7-5-13(10-18(17)25-3)12-21-22-19(23)15-11-14(20)6-8-16(15)24-2/h1,5-8,10-12H,9H2,2-3H3,(H,22,23)/b21-12-. The number of hydrogen-bond donors (Lipinski definition) is 1. The van der Waals surface area contributed by atoms with Gasteiger partial charge in [0, 0.05) is 4.47 Å². The molecule has 0 aromatic heterocycles. The van der Waals surface area contributed by atoms with E-state index in [0.29, 0.717) is 22.8 Å². The molecule has 0 unspecified atom stereocenters. The Kier molecular flexibility index (Phi) is 7.06. The van der Waals surface area contributed by atoms with Gasteiger partial charge in [0.05, 0.1) is 26.0 Å². The normalized spacial score (nSPS) is 10.2. The number of nitrogens with one attached hydrogen (secondary N) is 1. The Morgan fingerprint density at radius 1 is 1.19 bits per heavy atom. The van der Waals surface area contributed by atoms with Gasteiger partial charge in [0.1, 0.15) is 12.4 Å². The third kappa shape index (κ3) is 5.01. The first-order valence-corrected chi connectivity index (χ1v) is 8.29. The molecular formula is C19H17BrN2O4. The van der Waals surface area contributed by atoms with Gasteiger partial charge in [-0.3, -0.25) is 4.79 Å². The van der Waals surface area contributed by atoms with E-state index >= 15 is 0 Å². The van der Waals surface area contributed by atoms with E-state index < -0.39 is 0 Å². The third-order valence-electron chi connectivity index (χ3n) is 3.28. The Labute approximate surface area is 160 Å². The number of carbonyl (C=O) groups excluding carboxylic acids is 1. The third-order valence-corrected chi connectivity index (χ3v) is 3.78. The van der Waals surface area contributed by atoms with Crippen molar-refractivity contribution in [3.05, 3.63) is 52.0 Å². The molecule has 2 rings (SSSR count). The summed E-state index contributed by atoms with van der Waals surface area (Å²) in [5.74, 6) is 3.51. The van der Waals surface area contributed by atoms with Gasteiger partial charge in [0.25, 0.3) is 5.91 Å². The van der Waals surface area contributed by atoms with Crippen molar-refractivity contribution in [2.75, 3.05) is 20.8 Å². The van der Waals surface area contributed by atoms with E-state index in [-0.39, 0.29) is 12.5 Å². The van der Waals surface area contributed by atoms with Crippen LogP contribution in [0.4, 0.5) is 0 Å². The first kappa shape index (κ1) is 19.3. The number of terminal acetylenes is 1. The molecule has 6 nitrogen and oxygen atoms in total. The predicted molar refractivity (Wildman–Crippen MR) is 103 cm³/mol. The molecule has 26 heavy (non-hydrogen) atoms. The van der Waals surface area contributed by atoms with Crippen molar-refractivity contribution in [1.29, 1.82) is 0 Å². The number of nitrogens with zero attached hydrogens (tertiary/aromatic N) is 1. The van der Waals surface area contributed by atoms with Crippen LogP contribution in [0.15, 0.2) is 46.0 Å². The fourth-order valence-electron chi connectivity index (χ4n) is 2.09. The zero-order valence-electron chi connectivity index (χ0n) is 14.3. The topological polar surface area (TPSA) is 69.2 Å². The second-order valence-electron chi connectivity index (χ2n) is 4.95. The van der Waals surface area contributed by atoms with Crippen LogP contribution >= 0.6 is 15.9 Å². The molecular weight excluding hydrogens is 400 g/mol. The van der Waals surface area contributed by atoms with E-state index in [1.807, 2.05) is 0 Å². The Balaban J connectivity index is 2.10. The average Bonchev–Trinajstić information content (AvgIpc) is 2.66. The highest BCUT2D eigenvalue weighted by Crippen LogP contribution is 2.27. The van der Waals surface area contributed by atoms with Gasteiger partial charge >= 0.3 is 0 Å². The maximum absolute atomic E-state index is 12.3. The number of hydrogen-bond acceptors (Lipinski definition) is 5. The van der Waals surface area contributed by atoms with Gasteiger partial charge in [-0.05, 0) is 42.0 Å². The molecule has 0 heterocycles. The zero-order chi connectivity index (χ0) is 18.9. The maximum Gasteiger partial charge on any atom is 0.275 e. The van der Waals surface area contributed by atoms with E-state index in [2.05, 4.69) is 32.4 Å². The number of rotatable bonds is 7. The molecule has 2 aromatic rings. The Bertz CT molecular complexity index is 859. The van der Waals surface area contributed by atoms with Crippen LogP contribution in [0.5, 0.6) is 17.2 Å². The molecule has 0 atom stereocenters. The van der Waals surface area contributed by atoms with Crippen LogP contribution in [-0.4, -0.2) is 32.9 Å². The van der Waals surface area contributed by atoms with Crippen molar-refractivity contribution in [3.63, 3.8) is 0 Å². The van der Waals surface area contributed by atoms with Crippen molar-refractivity contribution in [2.45, 2.75) is 0 Å². The fourth-order valence-corrected chi connectivity index (χ4v) is 2.45. The van der Waals surface area contributed by atoms with Crippen molar-refractivity contribution < 1.29 is 19.0 Å². The molecule has 0 aliphatic heterocycles. The molecule has 134 valence electrons. The van der Waals surface area contributed by atoms with Crippen molar-refractivity contribution >= 4 is 28.1 Å². The molecule has 0 radical (unpaired) electrons. The van der Waals surface area contributed by atoms with Crippen molar-refractivity contribution in [2.24, 2.45) is 5.10 Å². The number of halogens is 1. The lowest BCUT2D eigenvalue weighted by Crippen LogP contribution is -2.18. The van der Waals surface area contributed by atoms with E-state index in [9.17, 15) is 4.79 Å². The van der Waals surface area contributed by atoms with E-state index in [1.54, 1.807) is 36.4 Å². The summed E-state index contributed by atoms with van der Waals surface area (Å²) in [6, 6.07) is 10.4. The summed E-state index contributed by atoms with van der Waals surface area (Å²) in [6.07, 6.45) is 6.68. The summed E-state index contributed by atoms with van der Waals surface area (Å²) in [5, 5.41) is 3.97. The monoisotopic (exact) mass is 416 g/mol. The minimum Gasteiger partial charge on any atom is -0.496 e. The van der Waals surface area contributed by atoms with Crippen LogP contribution in [0.3, 0.4) is 0 Å². The summed E-state index contributed by atoms with van der Waals surface area (Å²) in [6.45, 7) is 0.147. The number of hydrazone groups is 1. The molecule has 0 spiro atoms. The largest absolute Gasteiger partial charge is 0.496 e. The molecule has 0 bridgehead atoms. The highest BCUT2D eigenvalue weighted by atomic mass is 79.9. The lowest BCUT2D eigenvalue weighted by atomic mass is 10.2. The SMILES string of the molecule is C#CCOc1ccc(/C=N\NC(=O)c2cc(Br)ccc2OC)cc1OC. The highest BCUT2D eigenvalue weighted by Gasteiger charge is 2.12. The zero-order valence-corrected chi connectivity index (χ0v) is 15.9. The Hall–Kier alpha value is -2.98. The van der Waals surface area contributed by atoms with Crippen LogP contribution in [0.2, 0.25) is 0 Å². The van der Waals surface area contributed by atoms with Crippen molar-refractivity contribution in [3.8, 4) is 29.6 Å². The van der Waals surface area contributed by atoms with Crippen LogP contribution in [0.1, 0.15) is 15.9 Å². The van der Waals surface area contributed by atoms with Gasteiger partial charge in [0.2, 0.25) is 0 Å². The minimum atomic E-state index is -0.389. The summed E-state index contributed by atoms with van der Waals surface area (Å²) in [7, 11) is 3.03.